The summed E-state index contributed by atoms with van der Waals surface area (Å²) in [6.45, 7) is 2.28. The maximum Gasteiger partial charge on any atom is 0.214 e. The van der Waals surface area contributed by atoms with Gasteiger partial charge in [0.25, 0.3) is 0 Å². The molecular formula is C11H22N2O2S. The molecule has 1 aliphatic heterocycles. The van der Waals surface area contributed by atoms with Crippen molar-refractivity contribution in [3.05, 3.63) is 0 Å². The monoisotopic (exact) mass is 246 g/mol. The highest BCUT2D eigenvalue weighted by molar-refractivity contribution is 7.90. The molecule has 0 aromatic heterocycles. The minimum absolute atomic E-state index is 0.172. The van der Waals surface area contributed by atoms with Crippen LogP contribution in [0.4, 0.5) is 0 Å². The van der Waals surface area contributed by atoms with Crippen molar-refractivity contribution in [1.82, 2.24) is 10.0 Å². The molecule has 2 aliphatic rings. The fraction of sp³-hybridized carbons (Fsp3) is 1.00. The Kier molecular flexibility index (Phi) is 4.21. The smallest absolute Gasteiger partial charge is 0.214 e. The molecule has 4 nitrogen and oxygen atoms in total. The van der Waals surface area contributed by atoms with Crippen LogP contribution in [0.5, 0.6) is 0 Å². The molecule has 1 saturated heterocycles. The van der Waals surface area contributed by atoms with Crippen LogP contribution in [0.25, 0.3) is 0 Å². The van der Waals surface area contributed by atoms with E-state index in [9.17, 15) is 8.42 Å². The highest BCUT2D eigenvalue weighted by Gasteiger charge is 2.26. The van der Waals surface area contributed by atoms with Crippen LogP contribution in [0.3, 0.4) is 0 Å². The van der Waals surface area contributed by atoms with E-state index in [1.54, 1.807) is 0 Å². The third-order valence-electron chi connectivity index (χ3n) is 3.51. The van der Waals surface area contributed by atoms with E-state index in [4.69, 9.17) is 0 Å². The summed E-state index contributed by atoms with van der Waals surface area (Å²) in [5.74, 6) is 0.892. The molecule has 94 valence electrons. The summed E-state index contributed by atoms with van der Waals surface area (Å²) in [5, 5.41) is 3.01. The van der Waals surface area contributed by atoms with E-state index in [2.05, 4.69) is 10.0 Å². The summed E-state index contributed by atoms with van der Waals surface area (Å²) in [6.07, 6.45) is 6.38. The maximum atomic E-state index is 11.9. The molecule has 0 bridgehead atoms. The highest BCUT2D eigenvalue weighted by Crippen LogP contribution is 2.33. The van der Waals surface area contributed by atoms with E-state index in [1.807, 2.05) is 0 Å². The van der Waals surface area contributed by atoms with E-state index in [1.165, 1.54) is 19.3 Å². The fourth-order valence-electron chi connectivity index (χ4n) is 2.24. The largest absolute Gasteiger partial charge is 0.317 e. The molecule has 1 heterocycles. The average Bonchev–Trinajstić information content (AvgIpc) is 3.10. The van der Waals surface area contributed by atoms with Gasteiger partial charge in [0, 0.05) is 6.54 Å². The van der Waals surface area contributed by atoms with Crippen molar-refractivity contribution in [2.75, 3.05) is 19.6 Å². The minimum atomic E-state index is -3.05. The second-order valence-electron chi connectivity index (χ2n) is 4.97. The lowest BCUT2D eigenvalue weighted by Crippen LogP contribution is -2.41. The number of nitrogens with one attached hydrogen (secondary N) is 2. The van der Waals surface area contributed by atoms with Gasteiger partial charge in [-0.1, -0.05) is 12.8 Å². The Morgan fingerprint density at radius 2 is 1.81 bits per heavy atom. The number of sulfonamides is 1. The van der Waals surface area contributed by atoms with Crippen molar-refractivity contribution in [2.45, 2.75) is 43.8 Å². The topological polar surface area (TPSA) is 58.2 Å². The molecule has 0 spiro atoms. The lowest BCUT2D eigenvalue weighted by atomic mass is 10.2. The second-order valence-corrected chi connectivity index (χ2v) is 7.02. The van der Waals surface area contributed by atoms with Gasteiger partial charge in [0.1, 0.15) is 0 Å². The first-order valence-electron chi connectivity index (χ1n) is 6.38. The van der Waals surface area contributed by atoms with E-state index < -0.39 is 10.0 Å². The van der Waals surface area contributed by atoms with Gasteiger partial charge < -0.3 is 5.32 Å². The molecule has 2 rings (SSSR count). The SMILES string of the molecule is O=S(=O)(NCCCC1CC1)C1CCNCC1. The Labute approximate surface area is 98.2 Å². The normalized spacial score (nSPS) is 23.5. The Bertz CT molecular complexity index is 306. The molecule has 1 saturated carbocycles. The molecule has 0 aromatic rings. The van der Waals surface area contributed by atoms with Crippen molar-refractivity contribution in [3.63, 3.8) is 0 Å². The van der Waals surface area contributed by atoms with Crippen molar-refractivity contribution < 1.29 is 8.42 Å². The zero-order chi connectivity index (χ0) is 11.4. The molecule has 0 radical (unpaired) electrons. The zero-order valence-electron chi connectivity index (χ0n) is 9.74. The van der Waals surface area contributed by atoms with Gasteiger partial charge in [-0.05, 0) is 44.7 Å². The predicted molar refractivity (Wildman–Crippen MR) is 64.8 cm³/mol. The summed E-state index contributed by atoms with van der Waals surface area (Å²) >= 11 is 0. The molecule has 2 fully saturated rings. The van der Waals surface area contributed by atoms with Crippen LogP contribution in [0.1, 0.15) is 38.5 Å². The van der Waals surface area contributed by atoms with Gasteiger partial charge >= 0.3 is 0 Å². The van der Waals surface area contributed by atoms with Gasteiger partial charge in [0.2, 0.25) is 10.0 Å². The lowest BCUT2D eigenvalue weighted by Gasteiger charge is -2.22. The molecule has 5 heteroatoms. The number of hydrogen-bond acceptors (Lipinski definition) is 3. The van der Waals surface area contributed by atoms with Gasteiger partial charge in [-0.2, -0.15) is 0 Å². The molecule has 0 unspecified atom stereocenters. The quantitative estimate of drug-likeness (QED) is 0.683. The highest BCUT2D eigenvalue weighted by atomic mass is 32.2. The fourth-order valence-corrected chi connectivity index (χ4v) is 3.76. The predicted octanol–water partition coefficient (Wildman–Crippen LogP) is 0.848. The van der Waals surface area contributed by atoms with Gasteiger partial charge in [-0.15, -0.1) is 0 Å². The minimum Gasteiger partial charge on any atom is -0.317 e. The van der Waals surface area contributed by atoms with E-state index in [-0.39, 0.29) is 5.25 Å². The number of rotatable bonds is 6. The first-order valence-corrected chi connectivity index (χ1v) is 7.92. The number of hydrogen-bond donors (Lipinski definition) is 2. The van der Waals surface area contributed by atoms with E-state index >= 15 is 0 Å². The third kappa shape index (κ3) is 3.71. The van der Waals surface area contributed by atoms with Crippen LogP contribution in [0.15, 0.2) is 0 Å². The van der Waals surface area contributed by atoms with Gasteiger partial charge in [0.15, 0.2) is 0 Å². The van der Waals surface area contributed by atoms with Crippen LogP contribution in [-0.4, -0.2) is 33.3 Å². The lowest BCUT2D eigenvalue weighted by molar-refractivity contribution is 0.488. The molecule has 0 atom stereocenters. The van der Waals surface area contributed by atoms with Gasteiger partial charge in [-0.3, -0.25) is 0 Å². The summed E-state index contributed by atoms with van der Waals surface area (Å²) < 4.78 is 26.6. The third-order valence-corrected chi connectivity index (χ3v) is 5.47. The summed E-state index contributed by atoms with van der Waals surface area (Å²) in [6, 6.07) is 0. The van der Waals surface area contributed by atoms with E-state index in [0.717, 1.165) is 38.3 Å². The summed E-state index contributed by atoms with van der Waals surface area (Å²) in [4.78, 5) is 0. The Balaban J connectivity index is 1.68. The first-order chi connectivity index (χ1) is 7.68. The molecule has 1 aliphatic carbocycles. The standard InChI is InChI=1S/C11H22N2O2S/c14-16(15,11-5-8-12-9-6-11)13-7-1-2-10-3-4-10/h10-13H,1-9H2. The second kappa shape index (κ2) is 5.47. The summed E-state index contributed by atoms with van der Waals surface area (Å²) in [7, 11) is -3.05. The first kappa shape index (κ1) is 12.3. The zero-order valence-corrected chi connectivity index (χ0v) is 10.6. The van der Waals surface area contributed by atoms with Crippen LogP contribution in [-0.2, 0) is 10.0 Å². The molecular weight excluding hydrogens is 224 g/mol. The maximum absolute atomic E-state index is 11.9. The van der Waals surface area contributed by atoms with Gasteiger partial charge in [-0.25, -0.2) is 13.1 Å². The summed E-state index contributed by atoms with van der Waals surface area (Å²) in [5.41, 5.74) is 0. The van der Waals surface area contributed by atoms with Crippen molar-refractivity contribution in [1.29, 1.82) is 0 Å². The molecule has 0 aromatic carbocycles. The molecule has 2 N–H and O–H groups in total. The van der Waals surface area contributed by atoms with Crippen molar-refractivity contribution in [2.24, 2.45) is 5.92 Å². The van der Waals surface area contributed by atoms with Crippen LogP contribution in [0, 0.1) is 5.92 Å². The average molecular weight is 246 g/mol. The number of piperidine rings is 1. The Morgan fingerprint density at radius 1 is 1.12 bits per heavy atom. The Hall–Kier alpha value is -0.130. The van der Waals surface area contributed by atoms with Gasteiger partial charge in [0.05, 0.1) is 5.25 Å². The Morgan fingerprint density at radius 3 is 2.44 bits per heavy atom. The van der Waals surface area contributed by atoms with Crippen molar-refractivity contribution in [3.8, 4) is 0 Å². The van der Waals surface area contributed by atoms with Crippen molar-refractivity contribution >= 4 is 10.0 Å². The molecule has 0 amide bonds. The van der Waals surface area contributed by atoms with Crippen LogP contribution >= 0.6 is 0 Å². The van der Waals surface area contributed by atoms with Crippen LogP contribution in [0.2, 0.25) is 0 Å². The van der Waals surface area contributed by atoms with Crippen LogP contribution < -0.4 is 10.0 Å². The molecule has 16 heavy (non-hydrogen) atoms. The van der Waals surface area contributed by atoms with E-state index in [0.29, 0.717) is 6.54 Å².